The van der Waals surface area contributed by atoms with E-state index in [-0.39, 0.29) is 17.6 Å². The van der Waals surface area contributed by atoms with Crippen molar-refractivity contribution in [1.29, 1.82) is 0 Å². The Morgan fingerprint density at radius 2 is 1.84 bits per heavy atom. The number of nitrogens with one attached hydrogen (secondary N) is 1. The highest BCUT2D eigenvalue weighted by atomic mass is 16.5. The lowest BCUT2D eigenvalue weighted by Crippen LogP contribution is -2.45. The van der Waals surface area contributed by atoms with Gasteiger partial charge in [0.15, 0.2) is 5.78 Å². The van der Waals surface area contributed by atoms with Crippen molar-refractivity contribution in [2.75, 3.05) is 13.7 Å². The molecule has 1 N–H and O–H groups in total. The van der Waals surface area contributed by atoms with Gasteiger partial charge >= 0.3 is 5.97 Å². The Balaban J connectivity index is 1.86. The summed E-state index contributed by atoms with van der Waals surface area (Å²) in [6.45, 7) is 5.97. The topological polar surface area (TPSA) is 79.5 Å². The molecule has 2 fully saturated rings. The molecule has 0 aromatic carbocycles. The fourth-order valence-electron chi connectivity index (χ4n) is 3.36. The van der Waals surface area contributed by atoms with Gasteiger partial charge in [-0.1, -0.05) is 0 Å². The molecular weight excluding hydrogens is 320 g/mol. The van der Waals surface area contributed by atoms with Crippen LogP contribution < -0.4 is 0 Å². The summed E-state index contributed by atoms with van der Waals surface area (Å²) in [5, 5.41) is 0. The van der Waals surface area contributed by atoms with Crippen molar-refractivity contribution in [2.24, 2.45) is 11.8 Å². The molecule has 0 radical (unpaired) electrons. The van der Waals surface area contributed by atoms with Crippen LogP contribution in [-0.2, 0) is 9.53 Å². The number of rotatable bonds is 7. The predicted molar refractivity (Wildman–Crippen MR) is 92.6 cm³/mol. The van der Waals surface area contributed by atoms with E-state index < -0.39 is 12.0 Å². The van der Waals surface area contributed by atoms with Gasteiger partial charge in [0.25, 0.3) is 0 Å². The zero-order valence-electron chi connectivity index (χ0n) is 15.3. The summed E-state index contributed by atoms with van der Waals surface area (Å²) in [6.07, 6.45) is 4.11. The number of hydrogen-bond acceptors (Lipinski definition) is 4. The van der Waals surface area contributed by atoms with Crippen molar-refractivity contribution in [1.82, 2.24) is 9.88 Å². The fourth-order valence-corrected chi connectivity index (χ4v) is 3.36. The molecule has 6 nitrogen and oxygen atoms in total. The molecule has 2 saturated carbocycles. The largest absolute Gasteiger partial charge is 0.464 e. The quantitative estimate of drug-likeness (QED) is 0.608. The second kappa shape index (κ2) is 6.65. The molecule has 1 aromatic heterocycles. The molecule has 6 heteroatoms. The van der Waals surface area contributed by atoms with E-state index >= 15 is 0 Å². The summed E-state index contributed by atoms with van der Waals surface area (Å²) in [7, 11) is 1.31. The molecule has 2 aliphatic rings. The number of aromatic nitrogens is 1. The summed E-state index contributed by atoms with van der Waals surface area (Å²) in [5.41, 5.74) is 2.03. The van der Waals surface area contributed by atoms with Crippen LogP contribution in [0.2, 0.25) is 0 Å². The Morgan fingerprint density at radius 1 is 1.20 bits per heavy atom. The van der Waals surface area contributed by atoms with E-state index in [1.165, 1.54) is 7.11 Å². The van der Waals surface area contributed by atoms with E-state index in [1.807, 2.05) is 0 Å². The highest BCUT2D eigenvalue weighted by Gasteiger charge is 2.40. The number of esters is 1. The van der Waals surface area contributed by atoms with Crippen molar-refractivity contribution in [3.05, 3.63) is 22.5 Å². The normalized spacial score (nSPS) is 17.9. The van der Waals surface area contributed by atoms with Gasteiger partial charge in [-0.2, -0.15) is 0 Å². The van der Waals surface area contributed by atoms with Crippen LogP contribution in [0.25, 0.3) is 0 Å². The molecule has 136 valence electrons. The molecular formula is C19H26N2O4. The summed E-state index contributed by atoms with van der Waals surface area (Å²) >= 11 is 0. The van der Waals surface area contributed by atoms with Gasteiger partial charge in [-0.15, -0.1) is 0 Å². The number of carbonyl (C=O) groups excluding carboxylic acids is 3. The van der Waals surface area contributed by atoms with Crippen LogP contribution >= 0.6 is 0 Å². The molecule has 1 atom stereocenters. The number of methoxy groups -OCH3 is 1. The summed E-state index contributed by atoms with van der Waals surface area (Å²) in [6, 6.07) is -0.521. The second-order valence-corrected chi connectivity index (χ2v) is 7.37. The zero-order chi connectivity index (χ0) is 18.3. The van der Waals surface area contributed by atoms with E-state index in [1.54, 1.807) is 25.7 Å². The number of carbonyl (C=O) groups is 3. The molecule has 25 heavy (non-hydrogen) atoms. The van der Waals surface area contributed by atoms with Gasteiger partial charge in [0.2, 0.25) is 5.91 Å². The molecule has 0 aliphatic heterocycles. The summed E-state index contributed by atoms with van der Waals surface area (Å²) in [5.74, 6) is 0.115. The Hall–Kier alpha value is -2.11. The van der Waals surface area contributed by atoms with Gasteiger partial charge in [-0.05, 0) is 57.9 Å². The van der Waals surface area contributed by atoms with Gasteiger partial charge < -0.3 is 14.6 Å². The Labute approximate surface area is 147 Å². The molecule has 0 spiro atoms. The van der Waals surface area contributed by atoms with Crippen molar-refractivity contribution in [2.45, 2.75) is 52.5 Å². The summed E-state index contributed by atoms with van der Waals surface area (Å²) < 4.78 is 4.77. The molecule has 0 saturated heterocycles. The molecule has 1 aromatic rings. The van der Waals surface area contributed by atoms with Gasteiger partial charge in [-0.25, -0.2) is 4.79 Å². The number of aromatic amines is 1. The number of Topliss-reactive ketones (excluding diaryl/α,β-unsaturated/α-hetero) is 1. The molecule has 0 unspecified atom stereocenters. The number of aryl methyl sites for hydroxylation is 1. The average molecular weight is 346 g/mol. The van der Waals surface area contributed by atoms with E-state index in [0.29, 0.717) is 35.0 Å². The predicted octanol–water partition coefficient (Wildman–Crippen LogP) is 2.64. The van der Waals surface area contributed by atoms with Crippen molar-refractivity contribution >= 4 is 17.7 Å². The SMILES string of the molecule is COC(=O)c1[nH]c(C)c(C(=O)[C@@H](C)N(CC2CC2)C(=O)C2CC2)c1C. The Bertz CT molecular complexity index is 713. The van der Waals surface area contributed by atoms with Crippen LogP contribution in [0.15, 0.2) is 0 Å². The zero-order valence-corrected chi connectivity index (χ0v) is 15.3. The number of nitrogens with zero attached hydrogens (tertiary/aromatic N) is 1. The van der Waals surface area contributed by atoms with E-state index in [4.69, 9.17) is 4.74 Å². The van der Waals surface area contributed by atoms with E-state index in [0.717, 1.165) is 25.7 Å². The van der Waals surface area contributed by atoms with Gasteiger partial charge in [0, 0.05) is 23.7 Å². The number of H-pyrrole nitrogens is 1. The maximum Gasteiger partial charge on any atom is 0.354 e. The van der Waals surface area contributed by atoms with Crippen LogP contribution in [0, 0.1) is 25.7 Å². The standard InChI is InChI=1S/C19H26N2O4/c1-10-15(11(2)20-16(10)19(24)25-4)17(22)12(3)21(9-13-5-6-13)18(23)14-7-8-14/h12-14,20H,5-9H2,1-4H3/t12-/m1/s1. The molecule has 2 aliphatic carbocycles. The van der Waals surface area contributed by atoms with E-state index in [2.05, 4.69) is 4.98 Å². The fraction of sp³-hybridized carbons (Fsp3) is 0.632. The van der Waals surface area contributed by atoms with Gasteiger partial charge in [0.05, 0.1) is 13.2 Å². The van der Waals surface area contributed by atoms with E-state index in [9.17, 15) is 14.4 Å². The number of ether oxygens (including phenoxy) is 1. The molecule has 0 bridgehead atoms. The highest BCUT2D eigenvalue weighted by Crippen LogP contribution is 2.36. The van der Waals surface area contributed by atoms with Gasteiger partial charge in [-0.3, -0.25) is 9.59 Å². The third-order valence-electron chi connectivity index (χ3n) is 5.28. The van der Waals surface area contributed by atoms with Crippen LogP contribution in [0.5, 0.6) is 0 Å². The maximum absolute atomic E-state index is 13.1. The lowest BCUT2D eigenvalue weighted by atomic mass is 9.99. The lowest BCUT2D eigenvalue weighted by Gasteiger charge is -2.29. The summed E-state index contributed by atoms with van der Waals surface area (Å²) in [4.78, 5) is 42.4. The first kappa shape index (κ1) is 17.7. The number of hydrogen-bond donors (Lipinski definition) is 1. The van der Waals surface area contributed by atoms with Crippen LogP contribution in [-0.4, -0.2) is 47.2 Å². The first-order chi connectivity index (χ1) is 11.8. The average Bonchev–Trinajstić information content (AvgIpc) is 3.49. The van der Waals surface area contributed by atoms with Crippen LogP contribution in [0.4, 0.5) is 0 Å². The maximum atomic E-state index is 13.1. The van der Waals surface area contributed by atoms with Crippen molar-refractivity contribution in [3.63, 3.8) is 0 Å². The lowest BCUT2D eigenvalue weighted by molar-refractivity contribution is -0.134. The minimum absolute atomic E-state index is 0.0908. The van der Waals surface area contributed by atoms with Crippen LogP contribution in [0.3, 0.4) is 0 Å². The minimum Gasteiger partial charge on any atom is -0.464 e. The number of ketones is 1. The highest BCUT2D eigenvalue weighted by molar-refractivity contribution is 6.06. The third kappa shape index (κ3) is 3.48. The monoisotopic (exact) mass is 346 g/mol. The molecule has 1 amide bonds. The Morgan fingerprint density at radius 3 is 2.36 bits per heavy atom. The van der Waals surface area contributed by atoms with Crippen molar-refractivity contribution in [3.8, 4) is 0 Å². The first-order valence-corrected chi connectivity index (χ1v) is 8.97. The third-order valence-corrected chi connectivity index (χ3v) is 5.28. The molecule has 1 heterocycles. The minimum atomic E-state index is -0.521. The number of amides is 1. The second-order valence-electron chi connectivity index (χ2n) is 7.37. The Kier molecular flexibility index (Phi) is 4.71. The first-order valence-electron chi connectivity index (χ1n) is 8.97. The van der Waals surface area contributed by atoms with Crippen molar-refractivity contribution < 1.29 is 19.1 Å². The smallest absolute Gasteiger partial charge is 0.354 e. The van der Waals surface area contributed by atoms with Gasteiger partial charge in [0.1, 0.15) is 5.69 Å². The van der Waals surface area contributed by atoms with Crippen LogP contribution in [0.1, 0.15) is 64.7 Å². The molecule has 3 rings (SSSR count).